The van der Waals surface area contributed by atoms with Gasteiger partial charge in [0.05, 0.1) is 52.9 Å². The summed E-state index contributed by atoms with van der Waals surface area (Å²) in [5.74, 6) is -16.5. The third-order valence-electron chi connectivity index (χ3n) is 19.2. The molecule has 36 nitrogen and oxygen atoms in total. The van der Waals surface area contributed by atoms with Gasteiger partial charge in [-0.15, -0.1) is 0 Å². The topological polar surface area (TPSA) is 564 Å². The van der Waals surface area contributed by atoms with Gasteiger partial charge in [-0.2, -0.15) is 0 Å². The monoisotopic (exact) mass is 1610 g/mol. The lowest BCUT2D eigenvalue weighted by molar-refractivity contribution is -0.333. The van der Waals surface area contributed by atoms with Crippen LogP contribution in [0.5, 0.6) is 46.0 Å². The Morgan fingerprint density at radius 3 is 1.96 bits per heavy atom. The Bertz CT molecular complexity index is 4640. The molecule has 8 heterocycles. The molecule has 3 unspecified atom stereocenters. The highest BCUT2D eigenvalue weighted by atomic mass is 35.5. The normalized spacial score (nSPS) is 27.6. The van der Waals surface area contributed by atoms with Crippen molar-refractivity contribution in [2.75, 3.05) is 25.5 Å². The molecule has 5 aromatic carbocycles. The highest BCUT2D eigenvalue weighted by molar-refractivity contribution is 6.32. The van der Waals surface area contributed by atoms with E-state index in [1.807, 2.05) is 13.8 Å². The average Bonchev–Trinajstić information content (AvgIpc) is 0.769. The number of hydrogen-bond acceptors (Lipinski definition) is 27. The van der Waals surface area contributed by atoms with E-state index in [2.05, 4.69) is 52.8 Å². The smallest absolute Gasteiger partial charge is 0.248 e. The average molecular weight is 1620 g/mol. The largest absolute Gasteiger partial charge is 0.508 e. The number of carbonyl (C=O) groups is 9. The zero-order valence-electron chi connectivity index (χ0n) is 60.0. The summed E-state index contributed by atoms with van der Waals surface area (Å²) in [6.45, 7) is 4.79. The third-order valence-corrected chi connectivity index (χ3v) is 20.0. The number of benzene rings is 5. The quantitative estimate of drug-likeness (QED) is 0.0638. The maximum Gasteiger partial charge on any atom is 0.248 e. The molecule has 0 spiro atoms. The van der Waals surface area contributed by atoms with Crippen LogP contribution in [0.1, 0.15) is 105 Å². The second-order valence-electron chi connectivity index (χ2n) is 28.0. The molecule has 22 N–H and O–H groups in total. The van der Waals surface area contributed by atoms with Crippen LogP contribution in [0.3, 0.4) is 0 Å². The van der Waals surface area contributed by atoms with Crippen LogP contribution in [-0.2, 0) is 57.4 Å². The van der Waals surface area contributed by atoms with Gasteiger partial charge in [0, 0.05) is 35.3 Å². The highest BCUT2D eigenvalue weighted by Gasteiger charge is 2.52. The number of rotatable bonds is 16. The maximum absolute atomic E-state index is 16.2. The molecule has 0 radical (unpaired) electrons. The number of hydrogen-bond donors (Lipinski definition) is 20. The number of aromatic nitrogens is 1. The molecule has 18 atom stereocenters. The number of aliphatic hydroxyl groups excluding tert-OH is 6. The lowest BCUT2D eigenvalue weighted by Gasteiger charge is -2.47. The van der Waals surface area contributed by atoms with Gasteiger partial charge < -0.3 is 134 Å². The van der Waals surface area contributed by atoms with Crippen LogP contribution >= 0.6 is 34.8 Å². The molecule has 13 rings (SSSR count). The fourth-order valence-corrected chi connectivity index (χ4v) is 14.0. The second kappa shape index (κ2) is 34.4. The van der Waals surface area contributed by atoms with Crippen LogP contribution in [0, 0.1) is 5.92 Å². The van der Waals surface area contributed by atoms with E-state index in [-0.39, 0.29) is 57.1 Å². The molecule has 11 bridgehead atoms. The maximum atomic E-state index is 16.2. The van der Waals surface area contributed by atoms with E-state index in [4.69, 9.17) is 74.7 Å². The molecule has 2 fully saturated rings. The lowest BCUT2D eigenvalue weighted by Crippen LogP contribution is -2.64. The van der Waals surface area contributed by atoms with Crippen molar-refractivity contribution in [3.05, 3.63) is 140 Å². The number of anilines is 1. The number of halogens is 3. The number of phenolic OH excluding ortho intramolecular Hbond substituents is 3. The minimum atomic E-state index is -2.38. The van der Waals surface area contributed by atoms with Crippen LogP contribution in [0.15, 0.2) is 97.2 Å². The molecule has 39 heteroatoms. The first-order valence-electron chi connectivity index (χ1n) is 34.9. The third kappa shape index (κ3) is 18.3. The summed E-state index contributed by atoms with van der Waals surface area (Å²) in [6.07, 6.45) is -17.6. The molecule has 7 aliphatic rings. The van der Waals surface area contributed by atoms with Gasteiger partial charge in [-0.05, 0) is 128 Å². The fraction of sp³-hybridized carbons (Fsp3) is 0.397. The molecule has 9 amide bonds. The highest BCUT2D eigenvalue weighted by Crippen LogP contribution is 2.50. The van der Waals surface area contributed by atoms with Crippen LogP contribution < -0.4 is 73.5 Å². The Labute approximate surface area is 652 Å². The van der Waals surface area contributed by atoms with Crippen molar-refractivity contribution in [1.82, 2.24) is 47.5 Å². The Balaban J connectivity index is 1.13. The molecule has 112 heavy (non-hydrogen) atoms. The standard InChI is InChI=1S/C73H81Cl3N12O24/c1-27(2)14-39(79-5)65(100)87-56-58(95)30-7-11-43(37(75)16-30)108-45-18-32-19-46(62(45)112-72-63(61(98)60(97)47(26-89)110-72)111-51-23-73(4,78)64(99)28(3)107-51)109-44-12-8-31(17-38(44)76)59(96)57-71(106)86-55(67(102)81-25-50(94)83-49-13-9-33(74)24-80-49)36-20-34(90)21-42(92)52(36)35-15-29(6-10-41(35)91)53(68(103)88-57)85-69(104)54(32)84-66(101)40(22-48(77)93)82-70(56)105/h6-13,15-21,24,27-28,39-40,47,51,53-61,63-64,72,79,89-92,95-99H,14,22-23,25-26,78H2,1-5H3,(H2,77,93)(H,81,102)(H,82,105)(H,84,101)(H,85,104)(H,86,106)(H,87,100)(H,88,103)(H,80,83,94)/t28-,39+,40-,47+,51?,53+,54?,55?,56+,57-,58+,59+,60+,61-,63+,64+,72-,73-/m0/s1. The fourth-order valence-electron chi connectivity index (χ4n) is 13.4. The van der Waals surface area contributed by atoms with E-state index in [0.29, 0.717) is 0 Å². The van der Waals surface area contributed by atoms with Gasteiger partial charge in [0.25, 0.3) is 0 Å². The number of pyridine rings is 1. The van der Waals surface area contributed by atoms with Gasteiger partial charge in [-0.3, -0.25) is 43.2 Å². The molecular weight excluding hydrogens is 1540 g/mol. The number of nitrogens with two attached hydrogens (primary N) is 2. The summed E-state index contributed by atoms with van der Waals surface area (Å²) in [4.78, 5) is 137. The van der Waals surface area contributed by atoms with Crippen molar-refractivity contribution in [2.45, 2.75) is 156 Å². The van der Waals surface area contributed by atoms with Crippen molar-refractivity contribution in [2.24, 2.45) is 17.4 Å². The number of aromatic hydroxyl groups is 3. The Morgan fingerprint density at radius 1 is 0.714 bits per heavy atom. The van der Waals surface area contributed by atoms with Crippen molar-refractivity contribution >= 4 is 93.8 Å². The Morgan fingerprint density at radius 2 is 1.35 bits per heavy atom. The summed E-state index contributed by atoms with van der Waals surface area (Å²) in [5.41, 5.74) is 8.06. The second-order valence-corrected chi connectivity index (χ2v) is 29.3. The summed E-state index contributed by atoms with van der Waals surface area (Å²) in [7, 11) is 1.47. The van der Waals surface area contributed by atoms with E-state index in [1.165, 1.54) is 51.4 Å². The number of amides is 9. The molecule has 1 aromatic heterocycles. The van der Waals surface area contributed by atoms with Gasteiger partial charge in [-0.25, -0.2) is 4.98 Å². The number of phenols is 3. The van der Waals surface area contributed by atoms with E-state index in [9.17, 15) is 69.9 Å². The van der Waals surface area contributed by atoms with E-state index >= 15 is 19.2 Å². The van der Waals surface area contributed by atoms with Crippen LogP contribution in [-0.4, -0.2) is 203 Å². The predicted octanol–water partition coefficient (Wildman–Crippen LogP) is 0.825. The summed E-state index contributed by atoms with van der Waals surface area (Å²) in [5, 5.41) is 127. The van der Waals surface area contributed by atoms with Crippen molar-refractivity contribution in [3.63, 3.8) is 0 Å². The number of ether oxygens (including phenoxy) is 6. The summed E-state index contributed by atoms with van der Waals surface area (Å²) in [6, 6.07) is 2.10. The number of nitrogens with zero attached hydrogens (tertiary/aromatic N) is 1. The molecule has 0 aliphatic carbocycles. The van der Waals surface area contributed by atoms with Crippen LogP contribution in [0.4, 0.5) is 5.82 Å². The Kier molecular flexibility index (Phi) is 25.4. The van der Waals surface area contributed by atoms with Gasteiger partial charge >= 0.3 is 0 Å². The first-order chi connectivity index (χ1) is 53.0. The van der Waals surface area contributed by atoms with E-state index in [1.54, 1.807) is 0 Å². The number of primary amides is 1. The Hall–Kier alpha value is -10.3. The molecule has 598 valence electrons. The van der Waals surface area contributed by atoms with Gasteiger partial charge in [0.1, 0.15) is 101 Å². The molecule has 0 saturated carbocycles. The van der Waals surface area contributed by atoms with Crippen LogP contribution in [0.25, 0.3) is 11.1 Å². The minimum Gasteiger partial charge on any atom is -0.508 e. The van der Waals surface area contributed by atoms with Gasteiger partial charge in [-0.1, -0.05) is 66.8 Å². The van der Waals surface area contributed by atoms with E-state index < -0.39 is 250 Å². The summed E-state index contributed by atoms with van der Waals surface area (Å²) < 4.78 is 38.5. The van der Waals surface area contributed by atoms with Crippen molar-refractivity contribution < 1.29 is 118 Å². The predicted molar refractivity (Wildman–Crippen MR) is 393 cm³/mol. The summed E-state index contributed by atoms with van der Waals surface area (Å²) >= 11 is 20.2. The first-order valence-corrected chi connectivity index (χ1v) is 36.1. The number of fused-ring (bicyclic) bond motifs is 15. The first kappa shape index (κ1) is 82.7. The SMILES string of the molecule is CN[C@H](CC(C)C)C(=O)N[C@H]1C(=O)N[C@@H](CC(N)=O)C(=O)NC2C(=O)N[C@H]3C(=O)N[C@H](C(=O)NC(C(=O)NCC(=O)Nc4ccc(Cl)cn4)c4cc(O)cc(O)c4-c4cc3ccc4O)[C@H](O)c3ccc(c(Cl)c3)Oc3cc2cc(c3O[C@@H]2O[C@H](CO)[C@@H](O)[C@H](O)[C@H]2OC2C[C@](C)(N)[C@H](O)[C@H](C)O2)Oc2ccc(cc2Cl)[C@H]1O. The van der Waals surface area contributed by atoms with Gasteiger partial charge in [0.2, 0.25) is 65.2 Å². The zero-order valence-corrected chi connectivity index (χ0v) is 62.3. The minimum absolute atomic E-state index is 0.00222. The number of nitrogens with one attached hydrogen (secondary N) is 9. The molecule has 2 saturated heterocycles. The number of likely N-dealkylation sites (N-methyl/N-ethyl adjacent to an activating group) is 1. The molecule has 6 aromatic rings. The van der Waals surface area contributed by atoms with E-state index in [0.717, 1.165) is 66.7 Å². The van der Waals surface area contributed by atoms with Crippen molar-refractivity contribution in [3.8, 4) is 57.1 Å². The zero-order chi connectivity index (χ0) is 81.2. The number of carbonyl (C=O) groups excluding carboxylic acids is 9. The molecule has 7 aliphatic heterocycles. The number of aliphatic hydroxyl groups is 6. The lowest BCUT2D eigenvalue weighted by atomic mass is 9.86. The van der Waals surface area contributed by atoms with Gasteiger partial charge in [0.15, 0.2) is 23.9 Å². The molecular formula is C73H81Cl3N12O24. The van der Waals surface area contributed by atoms with Crippen molar-refractivity contribution in [1.29, 1.82) is 0 Å². The van der Waals surface area contributed by atoms with Crippen LogP contribution in [0.2, 0.25) is 15.1 Å².